The lowest BCUT2D eigenvalue weighted by atomic mass is 9.79. The fourth-order valence-corrected chi connectivity index (χ4v) is 3.41. The predicted molar refractivity (Wildman–Crippen MR) is 106 cm³/mol. The van der Waals surface area contributed by atoms with E-state index in [1.54, 1.807) is 13.8 Å². The summed E-state index contributed by atoms with van der Waals surface area (Å²) in [6, 6.07) is 0. The van der Waals surface area contributed by atoms with E-state index in [2.05, 4.69) is 46.2 Å². The number of hydrogen-bond acceptors (Lipinski definition) is 7. The van der Waals surface area contributed by atoms with Crippen LogP contribution in [0.1, 0.15) is 67.2 Å². The lowest BCUT2D eigenvalue weighted by molar-refractivity contribution is -0.162. The molecular weight excluding hydrogens is 362 g/mol. The molecule has 1 aliphatic rings. The molecule has 0 amide bonds. The summed E-state index contributed by atoms with van der Waals surface area (Å²) in [5.74, 6) is -1.46. The SMILES string of the molecule is C=C(C)C(=O)OC(C)COC(=O)CCC(=O)OC1CC(C)(C)N(C)C(C)(C)C1. The Morgan fingerprint density at radius 2 is 1.57 bits per heavy atom. The lowest BCUT2D eigenvalue weighted by Crippen LogP contribution is -2.60. The van der Waals surface area contributed by atoms with Crippen LogP contribution in [-0.2, 0) is 28.6 Å². The number of carbonyl (C=O) groups excluding carboxylic acids is 3. The van der Waals surface area contributed by atoms with Gasteiger partial charge in [-0.3, -0.25) is 14.5 Å². The molecule has 1 unspecified atom stereocenters. The summed E-state index contributed by atoms with van der Waals surface area (Å²) in [4.78, 5) is 37.7. The number of esters is 3. The van der Waals surface area contributed by atoms with Gasteiger partial charge in [-0.2, -0.15) is 0 Å². The molecule has 1 rings (SSSR count). The molecule has 28 heavy (non-hydrogen) atoms. The highest BCUT2D eigenvalue weighted by Crippen LogP contribution is 2.38. The minimum absolute atomic E-state index is 0.0357. The Morgan fingerprint density at radius 3 is 2.07 bits per heavy atom. The quantitative estimate of drug-likeness (QED) is 0.354. The highest BCUT2D eigenvalue weighted by Gasteiger charge is 2.44. The second-order valence-electron chi connectivity index (χ2n) is 8.88. The van der Waals surface area contributed by atoms with E-state index in [9.17, 15) is 14.4 Å². The zero-order valence-corrected chi connectivity index (χ0v) is 18.3. The molecule has 0 bridgehead atoms. The second-order valence-corrected chi connectivity index (χ2v) is 8.88. The third kappa shape index (κ3) is 7.26. The van der Waals surface area contributed by atoms with Crippen molar-refractivity contribution in [2.24, 2.45) is 0 Å². The number of rotatable bonds is 8. The molecule has 1 atom stereocenters. The van der Waals surface area contributed by atoms with Crippen molar-refractivity contribution in [3.05, 3.63) is 12.2 Å². The summed E-state index contributed by atoms with van der Waals surface area (Å²) in [5.41, 5.74) is 0.118. The topological polar surface area (TPSA) is 82.1 Å². The molecule has 160 valence electrons. The first kappa shape index (κ1) is 24.1. The van der Waals surface area contributed by atoms with Crippen LogP contribution >= 0.6 is 0 Å². The first-order chi connectivity index (χ1) is 12.7. The summed E-state index contributed by atoms with van der Waals surface area (Å²) < 4.78 is 15.7. The van der Waals surface area contributed by atoms with E-state index in [-0.39, 0.29) is 42.2 Å². The molecule has 1 saturated heterocycles. The van der Waals surface area contributed by atoms with Crippen molar-refractivity contribution >= 4 is 17.9 Å². The number of nitrogens with zero attached hydrogens (tertiary/aromatic N) is 1. The molecule has 7 heteroatoms. The van der Waals surface area contributed by atoms with E-state index in [1.165, 1.54) is 0 Å². The molecule has 0 saturated carbocycles. The van der Waals surface area contributed by atoms with Crippen molar-refractivity contribution < 1.29 is 28.6 Å². The number of piperidine rings is 1. The Hall–Kier alpha value is -1.89. The Morgan fingerprint density at radius 1 is 1.07 bits per heavy atom. The maximum Gasteiger partial charge on any atom is 0.333 e. The first-order valence-corrected chi connectivity index (χ1v) is 9.70. The van der Waals surface area contributed by atoms with Crippen molar-refractivity contribution in [3.8, 4) is 0 Å². The summed E-state index contributed by atoms with van der Waals surface area (Å²) in [6.07, 6.45) is 0.629. The highest BCUT2D eigenvalue weighted by atomic mass is 16.6. The summed E-state index contributed by atoms with van der Waals surface area (Å²) in [5, 5.41) is 0. The largest absolute Gasteiger partial charge is 0.462 e. The molecule has 0 aromatic carbocycles. The molecule has 7 nitrogen and oxygen atoms in total. The normalized spacial score (nSPS) is 20.1. The third-order valence-electron chi connectivity index (χ3n) is 5.24. The Balaban J connectivity index is 2.37. The Labute approximate surface area is 168 Å². The molecule has 1 aliphatic heterocycles. The highest BCUT2D eigenvalue weighted by molar-refractivity contribution is 5.87. The van der Waals surface area contributed by atoms with Gasteiger partial charge in [-0.1, -0.05) is 6.58 Å². The average molecular weight is 398 g/mol. The minimum atomic E-state index is -0.580. The minimum Gasteiger partial charge on any atom is -0.462 e. The molecule has 0 spiro atoms. The smallest absolute Gasteiger partial charge is 0.333 e. The van der Waals surface area contributed by atoms with Gasteiger partial charge in [0.15, 0.2) is 0 Å². The molecular formula is C21H35NO6. The summed E-state index contributed by atoms with van der Waals surface area (Å²) in [7, 11) is 2.09. The molecule has 1 fully saturated rings. The molecule has 0 aromatic heterocycles. The van der Waals surface area contributed by atoms with Gasteiger partial charge in [0.25, 0.3) is 0 Å². The number of carbonyl (C=O) groups is 3. The third-order valence-corrected chi connectivity index (χ3v) is 5.24. The van der Waals surface area contributed by atoms with Crippen LogP contribution in [0, 0.1) is 0 Å². The maximum absolute atomic E-state index is 12.2. The van der Waals surface area contributed by atoms with Gasteiger partial charge in [0, 0.05) is 29.5 Å². The van der Waals surface area contributed by atoms with Gasteiger partial charge in [0.1, 0.15) is 18.8 Å². The first-order valence-electron chi connectivity index (χ1n) is 9.70. The van der Waals surface area contributed by atoms with E-state index < -0.39 is 24.0 Å². The van der Waals surface area contributed by atoms with E-state index in [0.717, 1.165) is 12.8 Å². The van der Waals surface area contributed by atoms with Gasteiger partial charge in [-0.05, 0) is 48.6 Å². The fourth-order valence-electron chi connectivity index (χ4n) is 3.41. The molecule has 0 aromatic rings. The van der Waals surface area contributed by atoms with Crippen molar-refractivity contribution in [3.63, 3.8) is 0 Å². The standard InChI is InChI=1S/C21H35NO6/c1-14(2)19(25)27-15(3)13-26-17(23)9-10-18(24)28-16-11-20(4,5)22(8)21(6,7)12-16/h15-16H,1,9-13H2,2-8H3. The van der Waals surface area contributed by atoms with Gasteiger partial charge in [-0.25, -0.2) is 4.79 Å². The van der Waals surface area contributed by atoms with Crippen molar-refractivity contribution in [2.45, 2.75) is 90.5 Å². The monoisotopic (exact) mass is 397 g/mol. The molecule has 0 radical (unpaired) electrons. The van der Waals surface area contributed by atoms with Gasteiger partial charge in [-0.15, -0.1) is 0 Å². The van der Waals surface area contributed by atoms with Crippen LogP contribution in [0.25, 0.3) is 0 Å². The van der Waals surface area contributed by atoms with Crippen molar-refractivity contribution in [1.82, 2.24) is 4.90 Å². The van der Waals surface area contributed by atoms with E-state index in [4.69, 9.17) is 14.2 Å². The van der Waals surface area contributed by atoms with Gasteiger partial charge in [0.2, 0.25) is 0 Å². The molecule has 0 aliphatic carbocycles. The average Bonchev–Trinajstić information content (AvgIpc) is 2.55. The second kappa shape index (κ2) is 9.54. The zero-order valence-electron chi connectivity index (χ0n) is 18.3. The number of likely N-dealkylation sites (tertiary alicyclic amines) is 1. The number of ether oxygens (including phenoxy) is 3. The Bertz CT molecular complexity index is 592. The Kier molecular flexibility index (Phi) is 8.23. The number of hydrogen-bond donors (Lipinski definition) is 0. The van der Waals surface area contributed by atoms with E-state index >= 15 is 0 Å². The van der Waals surface area contributed by atoms with E-state index in [0.29, 0.717) is 0 Å². The van der Waals surface area contributed by atoms with Crippen LogP contribution < -0.4 is 0 Å². The van der Waals surface area contributed by atoms with Crippen LogP contribution in [0.3, 0.4) is 0 Å². The predicted octanol–water partition coefficient (Wildman–Crippen LogP) is 3.01. The van der Waals surface area contributed by atoms with Crippen LogP contribution in [0.5, 0.6) is 0 Å². The van der Waals surface area contributed by atoms with Crippen LogP contribution in [0.2, 0.25) is 0 Å². The summed E-state index contributed by atoms with van der Waals surface area (Å²) in [6.45, 7) is 15.1. The lowest BCUT2D eigenvalue weighted by Gasteiger charge is -2.53. The van der Waals surface area contributed by atoms with Crippen molar-refractivity contribution in [2.75, 3.05) is 13.7 Å². The van der Waals surface area contributed by atoms with E-state index in [1.807, 2.05) is 0 Å². The summed E-state index contributed by atoms with van der Waals surface area (Å²) >= 11 is 0. The molecule has 1 heterocycles. The zero-order chi connectivity index (χ0) is 21.7. The van der Waals surface area contributed by atoms with Crippen LogP contribution in [-0.4, -0.2) is 59.7 Å². The van der Waals surface area contributed by atoms with Gasteiger partial charge in [0.05, 0.1) is 12.8 Å². The van der Waals surface area contributed by atoms with Gasteiger partial charge >= 0.3 is 17.9 Å². The van der Waals surface area contributed by atoms with Crippen LogP contribution in [0.15, 0.2) is 12.2 Å². The van der Waals surface area contributed by atoms with Gasteiger partial charge < -0.3 is 14.2 Å². The maximum atomic E-state index is 12.2. The molecule has 0 N–H and O–H groups in total. The fraction of sp³-hybridized carbons (Fsp3) is 0.762. The van der Waals surface area contributed by atoms with Crippen molar-refractivity contribution in [1.29, 1.82) is 0 Å². The van der Waals surface area contributed by atoms with Crippen LogP contribution in [0.4, 0.5) is 0 Å².